The highest BCUT2D eigenvalue weighted by atomic mass is 16.3. The molecule has 0 heterocycles. The SMILES string of the molecule is CCCNC(=O)NC(C)CCO. The molecule has 3 N–H and O–H groups in total. The average molecular weight is 174 g/mol. The van der Waals surface area contributed by atoms with Crippen LogP contribution >= 0.6 is 0 Å². The van der Waals surface area contributed by atoms with Gasteiger partial charge in [0.2, 0.25) is 0 Å². The van der Waals surface area contributed by atoms with E-state index in [0.29, 0.717) is 13.0 Å². The van der Waals surface area contributed by atoms with Crippen LogP contribution < -0.4 is 10.6 Å². The van der Waals surface area contributed by atoms with Crippen molar-refractivity contribution in [1.82, 2.24) is 10.6 Å². The number of amides is 2. The summed E-state index contributed by atoms with van der Waals surface area (Å²) < 4.78 is 0. The molecule has 1 atom stereocenters. The predicted octanol–water partition coefficient (Wildman–Crippen LogP) is 0.466. The van der Waals surface area contributed by atoms with Gasteiger partial charge < -0.3 is 15.7 Å². The Morgan fingerprint density at radius 2 is 2.25 bits per heavy atom. The minimum atomic E-state index is -0.155. The molecule has 0 aliphatic carbocycles. The molecule has 0 bridgehead atoms. The highest BCUT2D eigenvalue weighted by molar-refractivity contribution is 5.74. The Morgan fingerprint density at radius 1 is 1.58 bits per heavy atom. The van der Waals surface area contributed by atoms with Crippen LogP contribution in [0.2, 0.25) is 0 Å². The molecule has 0 rings (SSSR count). The minimum absolute atomic E-state index is 0.0341. The smallest absolute Gasteiger partial charge is 0.314 e. The van der Waals surface area contributed by atoms with Crippen molar-refractivity contribution in [3.63, 3.8) is 0 Å². The number of nitrogens with one attached hydrogen (secondary N) is 2. The lowest BCUT2D eigenvalue weighted by Crippen LogP contribution is -2.41. The van der Waals surface area contributed by atoms with Crippen molar-refractivity contribution in [2.24, 2.45) is 0 Å². The molecule has 12 heavy (non-hydrogen) atoms. The van der Waals surface area contributed by atoms with Crippen molar-refractivity contribution in [1.29, 1.82) is 0 Å². The minimum Gasteiger partial charge on any atom is -0.396 e. The third-order valence-electron chi connectivity index (χ3n) is 1.48. The first-order chi connectivity index (χ1) is 5.70. The van der Waals surface area contributed by atoms with E-state index in [2.05, 4.69) is 10.6 Å². The third kappa shape index (κ3) is 5.97. The molecule has 0 aliphatic heterocycles. The molecule has 2 amide bonds. The zero-order chi connectivity index (χ0) is 9.40. The topological polar surface area (TPSA) is 61.4 Å². The summed E-state index contributed by atoms with van der Waals surface area (Å²) in [5, 5.41) is 13.9. The summed E-state index contributed by atoms with van der Waals surface area (Å²) in [5.74, 6) is 0. The summed E-state index contributed by atoms with van der Waals surface area (Å²) in [7, 11) is 0. The first-order valence-electron chi connectivity index (χ1n) is 4.36. The molecule has 0 spiro atoms. The first-order valence-corrected chi connectivity index (χ1v) is 4.36. The van der Waals surface area contributed by atoms with Crippen LogP contribution in [0.4, 0.5) is 4.79 Å². The molecule has 4 heteroatoms. The molecule has 0 aromatic carbocycles. The number of aliphatic hydroxyl groups excluding tert-OH is 1. The van der Waals surface area contributed by atoms with E-state index in [1.165, 1.54) is 0 Å². The van der Waals surface area contributed by atoms with Gasteiger partial charge in [0.1, 0.15) is 0 Å². The lowest BCUT2D eigenvalue weighted by Gasteiger charge is -2.12. The van der Waals surface area contributed by atoms with Crippen LogP contribution in [-0.2, 0) is 0 Å². The van der Waals surface area contributed by atoms with Gasteiger partial charge in [-0.3, -0.25) is 0 Å². The van der Waals surface area contributed by atoms with Crippen LogP contribution in [0.25, 0.3) is 0 Å². The van der Waals surface area contributed by atoms with E-state index >= 15 is 0 Å². The second-order valence-corrected chi connectivity index (χ2v) is 2.81. The van der Waals surface area contributed by atoms with Gasteiger partial charge in [-0.25, -0.2) is 4.79 Å². The van der Waals surface area contributed by atoms with Crippen LogP contribution in [0.5, 0.6) is 0 Å². The van der Waals surface area contributed by atoms with Crippen LogP contribution in [0.1, 0.15) is 26.7 Å². The van der Waals surface area contributed by atoms with E-state index in [-0.39, 0.29) is 18.7 Å². The van der Waals surface area contributed by atoms with Crippen molar-refractivity contribution in [2.75, 3.05) is 13.2 Å². The molecule has 0 saturated carbocycles. The van der Waals surface area contributed by atoms with Crippen molar-refractivity contribution in [3.05, 3.63) is 0 Å². The normalized spacial score (nSPS) is 12.2. The molecular weight excluding hydrogens is 156 g/mol. The van der Waals surface area contributed by atoms with Crippen LogP contribution in [0.15, 0.2) is 0 Å². The standard InChI is InChI=1S/C8H18N2O2/c1-3-5-9-8(12)10-7(2)4-6-11/h7,11H,3-6H2,1-2H3,(H2,9,10,12). The van der Waals surface area contributed by atoms with E-state index in [4.69, 9.17) is 5.11 Å². The van der Waals surface area contributed by atoms with Gasteiger partial charge >= 0.3 is 6.03 Å². The fourth-order valence-electron chi connectivity index (χ4n) is 0.779. The number of carbonyl (C=O) groups is 1. The summed E-state index contributed by atoms with van der Waals surface area (Å²) in [6, 6.07) is -0.121. The lowest BCUT2D eigenvalue weighted by molar-refractivity contribution is 0.231. The van der Waals surface area contributed by atoms with Crippen LogP contribution in [0.3, 0.4) is 0 Å². The molecular formula is C8H18N2O2. The Balaban J connectivity index is 3.40. The van der Waals surface area contributed by atoms with E-state index in [1.54, 1.807) is 0 Å². The van der Waals surface area contributed by atoms with Gasteiger partial charge in [-0.15, -0.1) is 0 Å². The van der Waals surface area contributed by atoms with Crippen molar-refractivity contribution in [2.45, 2.75) is 32.7 Å². The highest BCUT2D eigenvalue weighted by Crippen LogP contribution is 1.87. The van der Waals surface area contributed by atoms with E-state index < -0.39 is 0 Å². The maximum Gasteiger partial charge on any atom is 0.314 e. The molecule has 1 unspecified atom stereocenters. The molecule has 0 aromatic heterocycles. The molecule has 0 radical (unpaired) electrons. The monoisotopic (exact) mass is 174 g/mol. The zero-order valence-electron chi connectivity index (χ0n) is 7.76. The molecule has 0 aliphatic rings. The Morgan fingerprint density at radius 3 is 2.75 bits per heavy atom. The summed E-state index contributed by atoms with van der Waals surface area (Å²) in [5.41, 5.74) is 0. The number of aliphatic hydroxyl groups is 1. The van der Waals surface area contributed by atoms with Gasteiger partial charge in [0.25, 0.3) is 0 Å². The summed E-state index contributed by atoms with van der Waals surface area (Å²) in [6.07, 6.45) is 1.53. The summed E-state index contributed by atoms with van der Waals surface area (Å²) in [6.45, 7) is 4.66. The second-order valence-electron chi connectivity index (χ2n) is 2.81. The molecule has 4 nitrogen and oxygen atoms in total. The zero-order valence-corrected chi connectivity index (χ0v) is 7.76. The van der Waals surface area contributed by atoms with Crippen molar-refractivity contribution in [3.8, 4) is 0 Å². The predicted molar refractivity (Wildman–Crippen MR) is 48.0 cm³/mol. The first kappa shape index (κ1) is 11.2. The van der Waals surface area contributed by atoms with Crippen LogP contribution in [-0.4, -0.2) is 30.3 Å². The molecule has 72 valence electrons. The quantitative estimate of drug-likeness (QED) is 0.567. The van der Waals surface area contributed by atoms with Crippen molar-refractivity contribution < 1.29 is 9.90 Å². The number of carbonyl (C=O) groups excluding carboxylic acids is 1. The largest absolute Gasteiger partial charge is 0.396 e. The Kier molecular flexibility index (Phi) is 6.47. The van der Waals surface area contributed by atoms with Crippen LogP contribution in [0, 0.1) is 0 Å². The van der Waals surface area contributed by atoms with Crippen molar-refractivity contribution >= 4 is 6.03 Å². The van der Waals surface area contributed by atoms with Gasteiger partial charge in [0.15, 0.2) is 0 Å². The fraction of sp³-hybridized carbons (Fsp3) is 0.875. The maximum atomic E-state index is 11.0. The van der Waals surface area contributed by atoms with Gasteiger partial charge in [-0.05, 0) is 19.8 Å². The molecule has 0 aromatic rings. The fourth-order valence-corrected chi connectivity index (χ4v) is 0.779. The summed E-state index contributed by atoms with van der Waals surface area (Å²) >= 11 is 0. The number of hydrogen-bond donors (Lipinski definition) is 3. The number of rotatable bonds is 5. The maximum absolute atomic E-state index is 11.0. The Hall–Kier alpha value is -0.770. The van der Waals surface area contributed by atoms with E-state index in [9.17, 15) is 4.79 Å². The lowest BCUT2D eigenvalue weighted by atomic mass is 10.2. The summed E-state index contributed by atoms with van der Waals surface area (Å²) in [4.78, 5) is 11.0. The van der Waals surface area contributed by atoms with Gasteiger partial charge in [0, 0.05) is 19.2 Å². The van der Waals surface area contributed by atoms with Gasteiger partial charge in [-0.2, -0.15) is 0 Å². The van der Waals surface area contributed by atoms with Gasteiger partial charge in [0.05, 0.1) is 0 Å². The molecule has 0 fully saturated rings. The van der Waals surface area contributed by atoms with Gasteiger partial charge in [-0.1, -0.05) is 6.92 Å². The number of urea groups is 1. The Labute approximate surface area is 73.3 Å². The highest BCUT2D eigenvalue weighted by Gasteiger charge is 2.04. The Bertz CT molecular complexity index is 128. The average Bonchev–Trinajstić information content (AvgIpc) is 2.01. The molecule has 0 saturated heterocycles. The third-order valence-corrected chi connectivity index (χ3v) is 1.48. The van der Waals surface area contributed by atoms with E-state index in [0.717, 1.165) is 6.42 Å². The van der Waals surface area contributed by atoms with E-state index in [1.807, 2.05) is 13.8 Å². The number of hydrogen-bond acceptors (Lipinski definition) is 2. The second kappa shape index (κ2) is 6.91.